The van der Waals surface area contributed by atoms with E-state index in [0.717, 1.165) is 11.0 Å². The normalized spacial score (nSPS) is 12.0. The number of methoxy groups -OCH3 is 2. The molecular weight excluding hydrogens is 308 g/mol. The molecule has 3 rings (SSSR count). The quantitative estimate of drug-likeness (QED) is 0.780. The molecule has 0 aliphatic carbocycles. The van der Waals surface area contributed by atoms with Crippen LogP contribution >= 0.6 is 0 Å². The Morgan fingerprint density at radius 3 is 2.71 bits per heavy atom. The van der Waals surface area contributed by atoms with Gasteiger partial charge in [0.25, 0.3) is 0 Å². The second-order valence-electron chi connectivity index (χ2n) is 5.25. The molecule has 0 spiro atoms. The van der Waals surface area contributed by atoms with Crippen LogP contribution in [0.25, 0.3) is 11.0 Å². The highest BCUT2D eigenvalue weighted by Gasteiger charge is 2.20. The maximum atomic E-state index is 12.6. The summed E-state index contributed by atoms with van der Waals surface area (Å²) in [4.78, 5) is 12.6. The van der Waals surface area contributed by atoms with E-state index in [1.165, 1.54) is 0 Å². The number of benzene rings is 2. The number of nitrogens with zero attached hydrogens (tertiary/aromatic N) is 3. The number of aromatic nitrogens is 3. The van der Waals surface area contributed by atoms with Crippen molar-refractivity contribution >= 4 is 22.6 Å². The minimum atomic E-state index is -0.534. The Morgan fingerprint density at radius 2 is 1.96 bits per heavy atom. The van der Waals surface area contributed by atoms with Gasteiger partial charge in [-0.15, -0.1) is 5.10 Å². The molecule has 0 aliphatic rings. The number of rotatable bonds is 5. The summed E-state index contributed by atoms with van der Waals surface area (Å²) < 4.78 is 12.1. The topological polar surface area (TPSA) is 78.3 Å². The van der Waals surface area contributed by atoms with Crippen LogP contribution in [0.3, 0.4) is 0 Å². The third kappa shape index (κ3) is 2.88. The zero-order chi connectivity index (χ0) is 17.1. The molecular formula is C17H18N4O3. The Hall–Kier alpha value is -3.09. The minimum Gasteiger partial charge on any atom is -0.497 e. The van der Waals surface area contributed by atoms with Crippen LogP contribution in [-0.2, 0) is 4.79 Å². The van der Waals surface area contributed by atoms with Crippen LogP contribution in [0.15, 0.2) is 42.5 Å². The number of para-hydroxylation sites is 1. The highest BCUT2D eigenvalue weighted by Crippen LogP contribution is 2.29. The lowest BCUT2D eigenvalue weighted by Crippen LogP contribution is -2.24. The van der Waals surface area contributed by atoms with Crippen molar-refractivity contribution < 1.29 is 14.3 Å². The van der Waals surface area contributed by atoms with Crippen LogP contribution < -0.4 is 14.8 Å². The van der Waals surface area contributed by atoms with Crippen molar-refractivity contribution in [3.63, 3.8) is 0 Å². The van der Waals surface area contributed by atoms with E-state index in [4.69, 9.17) is 9.47 Å². The Morgan fingerprint density at radius 1 is 1.17 bits per heavy atom. The lowest BCUT2D eigenvalue weighted by Gasteiger charge is -2.15. The first-order valence-electron chi connectivity index (χ1n) is 7.47. The van der Waals surface area contributed by atoms with Gasteiger partial charge in [-0.05, 0) is 31.2 Å². The number of carbonyl (C=O) groups excluding carboxylic acids is 1. The van der Waals surface area contributed by atoms with Crippen LogP contribution in [0, 0.1) is 0 Å². The zero-order valence-electron chi connectivity index (χ0n) is 13.7. The fourth-order valence-corrected chi connectivity index (χ4v) is 2.43. The van der Waals surface area contributed by atoms with Crippen molar-refractivity contribution in [2.45, 2.75) is 13.0 Å². The molecule has 0 bridgehead atoms. The van der Waals surface area contributed by atoms with Crippen LogP contribution in [0.2, 0.25) is 0 Å². The minimum absolute atomic E-state index is 0.225. The predicted molar refractivity (Wildman–Crippen MR) is 90.4 cm³/mol. The smallest absolute Gasteiger partial charge is 0.249 e. The number of hydrogen-bond acceptors (Lipinski definition) is 5. The first-order chi connectivity index (χ1) is 11.6. The van der Waals surface area contributed by atoms with Crippen LogP contribution in [-0.4, -0.2) is 35.1 Å². The SMILES string of the molecule is COc1ccc(OC)c(NC(=O)C(C)n2nnc3ccccc32)c1. The monoisotopic (exact) mass is 326 g/mol. The number of fused-ring (bicyclic) bond motifs is 1. The molecule has 1 N–H and O–H groups in total. The summed E-state index contributed by atoms with van der Waals surface area (Å²) in [6, 6.07) is 12.2. The first-order valence-corrected chi connectivity index (χ1v) is 7.47. The van der Waals surface area contributed by atoms with Gasteiger partial charge in [0.05, 0.1) is 25.4 Å². The Kier molecular flexibility index (Phi) is 4.33. The Labute approximate surface area is 139 Å². The van der Waals surface area contributed by atoms with Gasteiger partial charge in [0, 0.05) is 6.07 Å². The number of nitrogens with one attached hydrogen (secondary N) is 1. The van der Waals surface area contributed by atoms with E-state index in [9.17, 15) is 4.79 Å². The first kappa shape index (κ1) is 15.8. The van der Waals surface area contributed by atoms with E-state index >= 15 is 0 Å². The molecule has 24 heavy (non-hydrogen) atoms. The van der Waals surface area contributed by atoms with Gasteiger partial charge in [0.15, 0.2) is 0 Å². The molecule has 0 radical (unpaired) electrons. The van der Waals surface area contributed by atoms with Crippen molar-refractivity contribution in [3.05, 3.63) is 42.5 Å². The standard InChI is InChI=1S/C17H18N4O3/c1-11(21-15-7-5-4-6-13(15)19-20-21)17(22)18-14-10-12(23-2)8-9-16(14)24-3/h4-11H,1-3H3,(H,18,22). The number of anilines is 1. The van der Waals surface area contributed by atoms with Crippen LogP contribution in [0.5, 0.6) is 11.5 Å². The summed E-state index contributed by atoms with van der Waals surface area (Å²) in [7, 11) is 3.11. The van der Waals surface area contributed by atoms with E-state index in [1.807, 2.05) is 24.3 Å². The second-order valence-corrected chi connectivity index (χ2v) is 5.25. The number of carbonyl (C=O) groups is 1. The predicted octanol–water partition coefficient (Wildman–Crippen LogP) is 2.65. The summed E-state index contributed by atoms with van der Waals surface area (Å²) >= 11 is 0. The summed E-state index contributed by atoms with van der Waals surface area (Å²) in [5, 5.41) is 11.0. The molecule has 7 nitrogen and oxygen atoms in total. The molecule has 1 heterocycles. The highest BCUT2D eigenvalue weighted by molar-refractivity contribution is 5.95. The van der Waals surface area contributed by atoms with Crippen molar-refractivity contribution in [1.82, 2.24) is 15.0 Å². The molecule has 7 heteroatoms. The lowest BCUT2D eigenvalue weighted by atomic mass is 10.2. The molecule has 1 amide bonds. The summed E-state index contributed by atoms with van der Waals surface area (Å²) in [5.74, 6) is 0.960. The van der Waals surface area contributed by atoms with Gasteiger partial charge >= 0.3 is 0 Å². The van der Waals surface area contributed by atoms with Gasteiger partial charge in [0.2, 0.25) is 5.91 Å². The van der Waals surface area contributed by atoms with Crippen molar-refractivity contribution in [3.8, 4) is 11.5 Å². The molecule has 0 saturated heterocycles. The van der Waals surface area contributed by atoms with Crippen molar-refractivity contribution in [2.75, 3.05) is 19.5 Å². The van der Waals surface area contributed by atoms with Crippen molar-refractivity contribution in [2.24, 2.45) is 0 Å². The second kappa shape index (κ2) is 6.57. The molecule has 1 unspecified atom stereocenters. The van der Waals surface area contributed by atoms with Crippen LogP contribution in [0.4, 0.5) is 5.69 Å². The molecule has 1 aromatic heterocycles. The molecule has 0 saturated carbocycles. The number of ether oxygens (including phenoxy) is 2. The fraction of sp³-hybridized carbons (Fsp3) is 0.235. The van der Waals surface area contributed by atoms with Crippen molar-refractivity contribution in [1.29, 1.82) is 0 Å². The van der Waals surface area contributed by atoms with Gasteiger partial charge in [-0.3, -0.25) is 4.79 Å². The van der Waals surface area contributed by atoms with E-state index in [0.29, 0.717) is 17.2 Å². The number of hydrogen-bond donors (Lipinski definition) is 1. The average molecular weight is 326 g/mol. The summed E-state index contributed by atoms with van der Waals surface area (Å²) in [6.45, 7) is 1.77. The molecule has 3 aromatic rings. The zero-order valence-corrected chi connectivity index (χ0v) is 13.7. The number of amides is 1. The maximum absolute atomic E-state index is 12.6. The molecule has 2 aromatic carbocycles. The van der Waals surface area contributed by atoms with Crippen LogP contribution in [0.1, 0.15) is 13.0 Å². The maximum Gasteiger partial charge on any atom is 0.249 e. The molecule has 0 aliphatic heterocycles. The van der Waals surface area contributed by atoms with E-state index in [-0.39, 0.29) is 5.91 Å². The van der Waals surface area contributed by atoms with Gasteiger partial charge in [-0.25, -0.2) is 4.68 Å². The summed E-state index contributed by atoms with van der Waals surface area (Å²) in [6.07, 6.45) is 0. The highest BCUT2D eigenvalue weighted by atomic mass is 16.5. The van der Waals surface area contributed by atoms with Gasteiger partial charge in [-0.2, -0.15) is 0 Å². The fourth-order valence-electron chi connectivity index (χ4n) is 2.43. The third-order valence-corrected chi connectivity index (χ3v) is 3.79. The average Bonchev–Trinajstić information content (AvgIpc) is 3.05. The van der Waals surface area contributed by atoms with Gasteiger partial charge in [0.1, 0.15) is 23.1 Å². The van der Waals surface area contributed by atoms with E-state index in [1.54, 1.807) is 44.0 Å². The third-order valence-electron chi connectivity index (χ3n) is 3.79. The molecule has 0 fully saturated rings. The van der Waals surface area contributed by atoms with E-state index < -0.39 is 6.04 Å². The summed E-state index contributed by atoms with van der Waals surface area (Å²) in [5.41, 5.74) is 2.09. The Balaban J connectivity index is 1.87. The van der Waals surface area contributed by atoms with Gasteiger partial charge in [-0.1, -0.05) is 17.3 Å². The molecule has 124 valence electrons. The van der Waals surface area contributed by atoms with Gasteiger partial charge < -0.3 is 14.8 Å². The molecule has 1 atom stereocenters. The largest absolute Gasteiger partial charge is 0.497 e. The van der Waals surface area contributed by atoms with E-state index in [2.05, 4.69) is 15.6 Å². The lowest BCUT2D eigenvalue weighted by molar-refractivity contribution is -0.119. The Bertz CT molecular complexity index is 875.